The highest BCUT2D eigenvalue weighted by Gasteiger charge is 2.17. The van der Waals surface area contributed by atoms with E-state index in [1.165, 1.54) is 0 Å². The number of nitrogens with two attached hydrogens (primary N) is 1. The summed E-state index contributed by atoms with van der Waals surface area (Å²) in [5, 5.41) is 0. The molecule has 0 aliphatic heterocycles. The van der Waals surface area contributed by atoms with Crippen molar-refractivity contribution in [1.29, 1.82) is 0 Å². The van der Waals surface area contributed by atoms with Gasteiger partial charge in [0.25, 0.3) is 0 Å². The summed E-state index contributed by atoms with van der Waals surface area (Å²) in [7, 11) is 0. The minimum Gasteiger partial charge on any atom is -0.324 e. The summed E-state index contributed by atoms with van der Waals surface area (Å²) in [6.07, 6.45) is 6.48. The Morgan fingerprint density at radius 3 is 2.31 bits per heavy atom. The summed E-state index contributed by atoms with van der Waals surface area (Å²) < 4.78 is 39.2. The molecule has 1 aromatic rings. The van der Waals surface area contributed by atoms with E-state index in [1.807, 2.05) is 0 Å². The lowest BCUT2D eigenvalue weighted by atomic mass is 10.0. The van der Waals surface area contributed by atoms with Gasteiger partial charge in [-0.1, -0.05) is 0 Å². The van der Waals surface area contributed by atoms with Gasteiger partial charge in [-0.15, -0.1) is 12.3 Å². The van der Waals surface area contributed by atoms with Crippen LogP contribution in [0, 0.1) is 29.8 Å². The standard InChI is InChI=1S/C12H12F3N/c1-2-3-4-5-11(16)12-9(14)6-8(13)7-10(12)15/h1,6-7,11H,3-5,16H2. The second kappa shape index (κ2) is 5.57. The topological polar surface area (TPSA) is 26.0 Å². The Bertz CT molecular complexity index is 386. The zero-order valence-corrected chi connectivity index (χ0v) is 8.64. The van der Waals surface area contributed by atoms with Gasteiger partial charge in [0, 0.05) is 30.2 Å². The Balaban J connectivity index is 2.83. The fourth-order valence-corrected chi connectivity index (χ4v) is 1.48. The van der Waals surface area contributed by atoms with E-state index in [2.05, 4.69) is 5.92 Å². The van der Waals surface area contributed by atoms with Crippen molar-refractivity contribution in [2.75, 3.05) is 0 Å². The minimum absolute atomic E-state index is 0.279. The molecule has 0 aromatic heterocycles. The molecule has 0 aliphatic rings. The fraction of sp³-hybridized carbons (Fsp3) is 0.333. The highest BCUT2D eigenvalue weighted by atomic mass is 19.1. The molecule has 4 heteroatoms. The molecule has 0 amide bonds. The molecule has 0 fully saturated rings. The van der Waals surface area contributed by atoms with Crippen molar-refractivity contribution in [1.82, 2.24) is 0 Å². The minimum atomic E-state index is -0.953. The average molecular weight is 227 g/mol. The van der Waals surface area contributed by atoms with Crippen LogP contribution in [-0.2, 0) is 0 Å². The molecule has 1 unspecified atom stereocenters. The zero-order chi connectivity index (χ0) is 12.1. The maximum atomic E-state index is 13.3. The predicted molar refractivity (Wildman–Crippen MR) is 55.9 cm³/mol. The molecule has 16 heavy (non-hydrogen) atoms. The monoisotopic (exact) mass is 227 g/mol. The molecular weight excluding hydrogens is 215 g/mol. The van der Waals surface area contributed by atoms with Crippen molar-refractivity contribution in [3.05, 3.63) is 35.1 Å². The number of halogens is 3. The number of hydrogen-bond acceptors (Lipinski definition) is 1. The first kappa shape index (κ1) is 12.6. The van der Waals surface area contributed by atoms with Gasteiger partial charge in [0.05, 0.1) is 0 Å². The maximum Gasteiger partial charge on any atom is 0.133 e. The summed E-state index contributed by atoms with van der Waals surface area (Å²) >= 11 is 0. The smallest absolute Gasteiger partial charge is 0.133 e. The van der Waals surface area contributed by atoms with E-state index < -0.39 is 23.5 Å². The fourth-order valence-electron chi connectivity index (χ4n) is 1.48. The summed E-state index contributed by atoms with van der Waals surface area (Å²) in [5.74, 6) is -0.446. The summed E-state index contributed by atoms with van der Waals surface area (Å²) in [6, 6.07) is 0.452. The number of benzene rings is 1. The highest BCUT2D eigenvalue weighted by Crippen LogP contribution is 2.23. The van der Waals surface area contributed by atoms with Crippen LogP contribution < -0.4 is 5.73 Å². The summed E-state index contributed by atoms with van der Waals surface area (Å²) in [5.41, 5.74) is 5.34. The predicted octanol–water partition coefficient (Wildman–Crippen LogP) is 2.91. The van der Waals surface area contributed by atoms with Crippen molar-refractivity contribution >= 4 is 0 Å². The zero-order valence-electron chi connectivity index (χ0n) is 8.64. The van der Waals surface area contributed by atoms with E-state index in [0.29, 0.717) is 31.4 Å². The van der Waals surface area contributed by atoms with Gasteiger partial charge in [-0.2, -0.15) is 0 Å². The van der Waals surface area contributed by atoms with Crippen LogP contribution in [0.4, 0.5) is 13.2 Å². The summed E-state index contributed by atoms with van der Waals surface area (Å²) in [6.45, 7) is 0. The van der Waals surface area contributed by atoms with Gasteiger partial charge in [-0.05, 0) is 12.8 Å². The van der Waals surface area contributed by atoms with E-state index >= 15 is 0 Å². The molecule has 0 saturated heterocycles. The van der Waals surface area contributed by atoms with Crippen molar-refractivity contribution in [3.63, 3.8) is 0 Å². The highest BCUT2D eigenvalue weighted by molar-refractivity contribution is 5.23. The van der Waals surface area contributed by atoms with E-state index in [-0.39, 0.29) is 5.56 Å². The van der Waals surface area contributed by atoms with Gasteiger partial charge in [-0.25, -0.2) is 13.2 Å². The lowest BCUT2D eigenvalue weighted by Gasteiger charge is -2.13. The van der Waals surface area contributed by atoms with E-state index in [4.69, 9.17) is 12.2 Å². The van der Waals surface area contributed by atoms with Gasteiger partial charge >= 0.3 is 0 Å². The van der Waals surface area contributed by atoms with Crippen molar-refractivity contribution in [2.45, 2.75) is 25.3 Å². The molecule has 1 atom stereocenters. The lowest BCUT2D eigenvalue weighted by molar-refractivity contribution is 0.488. The van der Waals surface area contributed by atoms with Crippen LogP contribution in [0.5, 0.6) is 0 Å². The van der Waals surface area contributed by atoms with Crippen molar-refractivity contribution in [2.24, 2.45) is 5.73 Å². The third kappa shape index (κ3) is 3.01. The van der Waals surface area contributed by atoms with Crippen LogP contribution >= 0.6 is 0 Å². The van der Waals surface area contributed by atoms with Crippen LogP contribution in [0.1, 0.15) is 30.9 Å². The van der Waals surface area contributed by atoms with Gasteiger partial charge in [0.2, 0.25) is 0 Å². The Morgan fingerprint density at radius 2 is 1.81 bits per heavy atom. The normalized spacial score (nSPS) is 12.2. The Morgan fingerprint density at radius 1 is 1.25 bits per heavy atom. The van der Waals surface area contributed by atoms with Crippen LogP contribution in [0.2, 0.25) is 0 Å². The van der Waals surface area contributed by atoms with E-state index in [9.17, 15) is 13.2 Å². The first-order valence-electron chi connectivity index (χ1n) is 4.89. The van der Waals surface area contributed by atoms with Crippen LogP contribution in [0.15, 0.2) is 12.1 Å². The average Bonchev–Trinajstić information content (AvgIpc) is 2.16. The second-order valence-corrected chi connectivity index (χ2v) is 3.49. The van der Waals surface area contributed by atoms with E-state index in [1.54, 1.807) is 0 Å². The SMILES string of the molecule is C#CCCCC(N)c1c(F)cc(F)cc1F. The summed E-state index contributed by atoms with van der Waals surface area (Å²) in [4.78, 5) is 0. The van der Waals surface area contributed by atoms with Crippen molar-refractivity contribution in [3.8, 4) is 12.3 Å². The van der Waals surface area contributed by atoms with Gasteiger partial charge in [0.15, 0.2) is 0 Å². The molecule has 1 rings (SSSR count). The molecule has 0 radical (unpaired) electrons. The molecule has 0 heterocycles. The molecule has 0 spiro atoms. The number of rotatable bonds is 4. The Labute approximate surface area is 92.5 Å². The molecule has 1 nitrogen and oxygen atoms in total. The Kier molecular flexibility index (Phi) is 4.39. The molecule has 0 aliphatic carbocycles. The second-order valence-electron chi connectivity index (χ2n) is 3.49. The molecule has 0 bridgehead atoms. The molecular formula is C12H12F3N. The largest absolute Gasteiger partial charge is 0.324 e. The van der Waals surface area contributed by atoms with E-state index in [0.717, 1.165) is 0 Å². The first-order valence-corrected chi connectivity index (χ1v) is 4.89. The third-order valence-electron chi connectivity index (χ3n) is 2.25. The maximum absolute atomic E-state index is 13.3. The van der Waals surface area contributed by atoms with Gasteiger partial charge in [0.1, 0.15) is 17.5 Å². The molecule has 86 valence electrons. The van der Waals surface area contributed by atoms with Crippen LogP contribution in [0.3, 0.4) is 0 Å². The van der Waals surface area contributed by atoms with Crippen LogP contribution in [0.25, 0.3) is 0 Å². The Hall–Kier alpha value is -1.47. The molecule has 0 saturated carbocycles. The van der Waals surface area contributed by atoms with Gasteiger partial charge < -0.3 is 5.73 Å². The quantitative estimate of drug-likeness (QED) is 0.621. The first-order chi connectivity index (χ1) is 7.56. The van der Waals surface area contributed by atoms with Crippen molar-refractivity contribution < 1.29 is 13.2 Å². The number of unbranched alkanes of at least 4 members (excludes halogenated alkanes) is 1. The number of terminal acetylenes is 1. The lowest BCUT2D eigenvalue weighted by Crippen LogP contribution is -2.14. The molecule has 1 aromatic carbocycles. The molecule has 2 N–H and O–H groups in total. The van der Waals surface area contributed by atoms with Crippen LogP contribution in [-0.4, -0.2) is 0 Å². The van der Waals surface area contributed by atoms with Gasteiger partial charge in [-0.3, -0.25) is 0 Å². The third-order valence-corrected chi connectivity index (χ3v) is 2.25. The number of hydrogen-bond donors (Lipinski definition) is 1.